The van der Waals surface area contributed by atoms with Gasteiger partial charge in [-0.2, -0.15) is 0 Å². The molecule has 22 heavy (non-hydrogen) atoms. The molecule has 3 nitrogen and oxygen atoms in total. The largest absolute Gasteiger partial charge is 0.318 e. The highest BCUT2D eigenvalue weighted by Crippen LogP contribution is 2.31. The van der Waals surface area contributed by atoms with Gasteiger partial charge in [0.2, 0.25) is 5.91 Å². The maximum absolute atomic E-state index is 12.4. The fraction of sp³-hybridized carbons (Fsp3) is 0.211. The zero-order valence-electron chi connectivity index (χ0n) is 12.6. The van der Waals surface area contributed by atoms with E-state index in [2.05, 4.69) is 35.7 Å². The standard InChI is InChI=1S/C19H20N2O/c1-2-13-21-18(22)15-20(14-16-9-5-3-6-10-16)19(21)17-11-7-4-8-12-17/h2-12,19H,1,13-15H2. The van der Waals surface area contributed by atoms with E-state index in [1.54, 1.807) is 6.08 Å². The molecule has 1 saturated heterocycles. The summed E-state index contributed by atoms with van der Waals surface area (Å²) in [5, 5.41) is 0. The van der Waals surface area contributed by atoms with Gasteiger partial charge in [0.25, 0.3) is 0 Å². The average Bonchev–Trinajstić information content (AvgIpc) is 2.85. The van der Waals surface area contributed by atoms with Crippen molar-refractivity contribution in [1.82, 2.24) is 9.80 Å². The minimum absolute atomic E-state index is 0.0214. The van der Waals surface area contributed by atoms with E-state index in [1.807, 2.05) is 41.3 Å². The van der Waals surface area contributed by atoms with Crippen LogP contribution in [0.2, 0.25) is 0 Å². The summed E-state index contributed by atoms with van der Waals surface area (Å²) in [4.78, 5) is 16.5. The van der Waals surface area contributed by atoms with Gasteiger partial charge in [0.05, 0.1) is 6.54 Å². The van der Waals surface area contributed by atoms with Gasteiger partial charge in [0.15, 0.2) is 0 Å². The van der Waals surface area contributed by atoms with Gasteiger partial charge in [-0.05, 0) is 11.1 Å². The SMILES string of the molecule is C=CCN1C(=O)CN(Cc2ccccc2)C1c1ccccc1. The summed E-state index contributed by atoms with van der Waals surface area (Å²) < 4.78 is 0. The van der Waals surface area contributed by atoms with E-state index in [-0.39, 0.29) is 12.1 Å². The zero-order valence-corrected chi connectivity index (χ0v) is 12.6. The Kier molecular flexibility index (Phi) is 4.35. The van der Waals surface area contributed by atoms with Crippen LogP contribution in [0.15, 0.2) is 73.3 Å². The predicted molar refractivity (Wildman–Crippen MR) is 87.9 cm³/mol. The molecule has 2 aromatic carbocycles. The zero-order chi connectivity index (χ0) is 15.4. The summed E-state index contributed by atoms with van der Waals surface area (Å²) in [6.45, 7) is 5.57. The highest BCUT2D eigenvalue weighted by atomic mass is 16.2. The molecule has 1 atom stereocenters. The first-order valence-corrected chi connectivity index (χ1v) is 7.53. The van der Waals surface area contributed by atoms with Crippen LogP contribution in [0.5, 0.6) is 0 Å². The third kappa shape index (κ3) is 2.95. The quantitative estimate of drug-likeness (QED) is 0.790. The summed E-state index contributed by atoms with van der Waals surface area (Å²) in [6, 6.07) is 20.5. The van der Waals surface area contributed by atoms with Crippen LogP contribution in [-0.4, -0.2) is 28.8 Å². The second kappa shape index (κ2) is 6.58. The minimum atomic E-state index is -0.0214. The highest BCUT2D eigenvalue weighted by molar-refractivity contribution is 5.81. The first kappa shape index (κ1) is 14.5. The van der Waals surface area contributed by atoms with Crippen molar-refractivity contribution in [2.75, 3.05) is 13.1 Å². The van der Waals surface area contributed by atoms with E-state index in [4.69, 9.17) is 0 Å². The fourth-order valence-corrected chi connectivity index (χ4v) is 3.00. The molecule has 0 aromatic heterocycles. The first-order valence-electron chi connectivity index (χ1n) is 7.53. The van der Waals surface area contributed by atoms with Crippen LogP contribution in [0.1, 0.15) is 17.3 Å². The van der Waals surface area contributed by atoms with Gasteiger partial charge in [-0.3, -0.25) is 9.69 Å². The molecule has 1 heterocycles. The van der Waals surface area contributed by atoms with Crippen molar-refractivity contribution >= 4 is 5.91 Å². The number of benzene rings is 2. The van der Waals surface area contributed by atoms with Crippen LogP contribution >= 0.6 is 0 Å². The molecule has 0 spiro atoms. The Labute approximate surface area is 131 Å². The Morgan fingerprint density at radius 1 is 1.05 bits per heavy atom. The molecule has 0 bridgehead atoms. The lowest BCUT2D eigenvalue weighted by molar-refractivity contribution is -0.127. The summed E-state index contributed by atoms with van der Waals surface area (Å²) in [5.41, 5.74) is 2.36. The molecule has 0 saturated carbocycles. The van der Waals surface area contributed by atoms with Crippen LogP contribution in [0.25, 0.3) is 0 Å². The van der Waals surface area contributed by atoms with Crippen molar-refractivity contribution in [3.05, 3.63) is 84.4 Å². The van der Waals surface area contributed by atoms with Gasteiger partial charge in [-0.1, -0.05) is 66.7 Å². The number of nitrogens with zero attached hydrogens (tertiary/aromatic N) is 2. The molecule has 1 unspecified atom stereocenters. The summed E-state index contributed by atoms with van der Waals surface area (Å²) in [6.07, 6.45) is 1.77. The van der Waals surface area contributed by atoms with Crippen molar-refractivity contribution in [2.24, 2.45) is 0 Å². The normalized spacial score (nSPS) is 18.6. The molecule has 1 amide bonds. The Bertz CT molecular complexity index is 639. The lowest BCUT2D eigenvalue weighted by Crippen LogP contribution is -2.32. The molecule has 1 aliphatic heterocycles. The van der Waals surface area contributed by atoms with Gasteiger partial charge in [0, 0.05) is 13.1 Å². The lowest BCUT2D eigenvalue weighted by atomic mass is 10.1. The molecule has 0 radical (unpaired) electrons. The monoisotopic (exact) mass is 292 g/mol. The van der Waals surface area contributed by atoms with Gasteiger partial charge in [0.1, 0.15) is 6.17 Å². The second-order valence-corrected chi connectivity index (χ2v) is 5.51. The third-order valence-corrected chi connectivity index (χ3v) is 3.95. The molecule has 1 aliphatic rings. The molecule has 0 aliphatic carbocycles. The molecule has 1 fully saturated rings. The molecule has 2 aromatic rings. The molecule has 112 valence electrons. The number of carbonyl (C=O) groups excluding carboxylic acids is 1. The van der Waals surface area contributed by atoms with E-state index in [0.29, 0.717) is 13.1 Å². The van der Waals surface area contributed by atoms with E-state index < -0.39 is 0 Å². The van der Waals surface area contributed by atoms with Gasteiger partial charge in [-0.15, -0.1) is 6.58 Å². The molecular formula is C19H20N2O. The molecule has 3 rings (SSSR count). The fourth-order valence-electron chi connectivity index (χ4n) is 3.00. The topological polar surface area (TPSA) is 23.6 Å². The number of rotatable bonds is 5. The number of hydrogen-bond acceptors (Lipinski definition) is 2. The number of amides is 1. The van der Waals surface area contributed by atoms with Gasteiger partial charge in [-0.25, -0.2) is 0 Å². The molecular weight excluding hydrogens is 272 g/mol. The Morgan fingerprint density at radius 3 is 2.32 bits per heavy atom. The number of hydrogen-bond donors (Lipinski definition) is 0. The molecule has 3 heteroatoms. The number of carbonyl (C=O) groups is 1. The first-order chi connectivity index (χ1) is 10.8. The maximum atomic E-state index is 12.4. The van der Waals surface area contributed by atoms with Crippen molar-refractivity contribution in [1.29, 1.82) is 0 Å². The van der Waals surface area contributed by atoms with Gasteiger partial charge < -0.3 is 4.90 Å². The average molecular weight is 292 g/mol. The van der Waals surface area contributed by atoms with E-state index >= 15 is 0 Å². The highest BCUT2D eigenvalue weighted by Gasteiger charge is 2.37. The minimum Gasteiger partial charge on any atom is -0.318 e. The second-order valence-electron chi connectivity index (χ2n) is 5.51. The van der Waals surface area contributed by atoms with Gasteiger partial charge >= 0.3 is 0 Å². The van der Waals surface area contributed by atoms with Crippen LogP contribution in [0, 0.1) is 0 Å². The van der Waals surface area contributed by atoms with E-state index in [0.717, 1.165) is 12.1 Å². The van der Waals surface area contributed by atoms with Crippen molar-refractivity contribution in [2.45, 2.75) is 12.7 Å². The lowest BCUT2D eigenvalue weighted by Gasteiger charge is -2.29. The van der Waals surface area contributed by atoms with Crippen LogP contribution in [0.4, 0.5) is 0 Å². The smallest absolute Gasteiger partial charge is 0.238 e. The van der Waals surface area contributed by atoms with Crippen LogP contribution < -0.4 is 0 Å². The maximum Gasteiger partial charge on any atom is 0.238 e. The Hall–Kier alpha value is -2.39. The van der Waals surface area contributed by atoms with Crippen molar-refractivity contribution in [3.8, 4) is 0 Å². The predicted octanol–water partition coefficient (Wildman–Crippen LogP) is 3.22. The Morgan fingerprint density at radius 2 is 1.68 bits per heavy atom. The summed E-state index contributed by atoms with van der Waals surface area (Å²) in [5.74, 6) is 0.157. The Balaban J connectivity index is 1.90. The third-order valence-electron chi connectivity index (χ3n) is 3.95. The summed E-state index contributed by atoms with van der Waals surface area (Å²) >= 11 is 0. The van der Waals surface area contributed by atoms with Crippen molar-refractivity contribution in [3.63, 3.8) is 0 Å². The van der Waals surface area contributed by atoms with E-state index in [9.17, 15) is 4.79 Å². The van der Waals surface area contributed by atoms with E-state index in [1.165, 1.54) is 5.56 Å². The van der Waals surface area contributed by atoms with Crippen LogP contribution in [-0.2, 0) is 11.3 Å². The summed E-state index contributed by atoms with van der Waals surface area (Å²) in [7, 11) is 0. The van der Waals surface area contributed by atoms with Crippen LogP contribution in [0.3, 0.4) is 0 Å². The molecule has 0 N–H and O–H groups in total. The van der Waals surface area contributed by atoms with Crippen molar-refractivity contribution < 1.29 is 4.79 Å².